The number of amides is 2. The van der Waals surface area contributed by atoms with Crippen molar-refractivity contribution in [3.63, 3.8) is 0 Å². The lowest BCUT2D eigenvalue weighted by Crippen LogP contribution is -2.54. The number of rotatable bonds is 1. The monoisotopic (exact) mass is 233 g/mol. The molecule has 1 heterocycles. The molecular weight excluding hydrogens is 218 g/mol. The molecule has 0 saturated carbocycles. The Hall–Kier alpha value is -2.24. The van der Waals surface area contributed by atoms with Gasteiger partial charge in [0.15, 0.2) is 0 Å². The Balaban J connectivity index is 2.13. The van der Waals surface area contributed by atoms with E-state index in [0.717, 1.165) is 19.5 Å². The predicted molar refractivity (Wildman–Crippen MR) is 66.6 cm³/mol. The molecule has 17 heavy (non-hydrogen) atoms. The molecule has 0 atom stereocenters. The minimum atomic E-state index is -0.578. The second-order valence-corrected chi connectivity index (χ2v) is 3.63. The summed E-state index contributed by atoms with van der Waals surface area (Å²) in [6.07, 6.45) is 0.993. The van der Waals surface area contributed by atoms with E-state index in [-0.39, 0.29) is 0 Å². The number of urea groups is 1. The zero-order valence-corrected chi connectivity index (χ0v) is 9.39. The van der Waals surface area contributed by atoms with Gasteiger partial charge in [-0.25, -0.2) is 9.80 Å². The van der Waals surface area contributed by atoms with Crippen molar-refractivity contribution in [3.8, 4) is 0 Å². The number of para-hydroxylation sites is 1. The van der Waals surface area contributed by atoms with E-state index >= 15 is 0 Å². The van der Waals surface area contributed by atoms with E-state index in [2.05, 4.69) is 15.7 Å². The van der Waals surface area contributed by atoms with Crippen molar-refractivity contribution >= 4 is 17.7 Å². The highest BCUT2D eigenvalue weighted by Gasteiger charge is 2.14. The molecule has 0 saturated heterocycles. The van der Waals surface area contributed by atoms with Gasteiger partial charge in [-0.3, -0.25) is 10.4 Å². The fourth-order valence-electron chi connectivity index (χ4n) is 1.54. The molecule has 0 radical (unpaired) electrons. The standard InChI is InChI=1S/C11H15N5O/c12-10(17)16(9-5-2-1-3-6-9)15-11-13-7-4-8-14-11/h1-3,5-6H,4,7-8H2,(H2,12,17)(H2,13,14,15). The second kappa shape index (κ2) is 5.20. The molecule has 1 aromatic carbocycles. The van der Waals surface area contributed by atoms with Crippen molar-refractivity contribution in [1.29, 1.82) is 0 Å². The highest BCUT2D eigenvalue weighted by atomic mass is 16.2. The molecule has 1 aromatic rings. The molecule has 1 aliphatic rings. The zero-order valence-electron chi connectivity index (χ0n) is 9.39. The maximum absolute atomic E-state index is 11.4. The van der Waals surface area contributed by atoms with Gasteiger partial charge < -0.3 is 11.1 Å². The van der Waals surface area contributed by atoms with Crippen molar-refractivity contribution in [2.75, 3.05) is 18.1 Å². The van der Waals surface area contributed by atoms with Crippen LogP contribution in [0.1, 0.15) is 6.42 Å². The molecule has 90 valence electrons. The SMILES string of the molecule is NC(=O)N(NC1=NCCCN1)c1ccccc1. The molecule has 0 aromatic heterocycles. The quantitative estimate of drug-likeness (QED) is 0.615. The minimum Gasteiger partial charge on any atom is -0.355 e. The number of nitrogens with two attached hydrogens (primary N) is 1. The van der Waals surface area contributed by atoms with Crippen LogP contribution in [0.3, 0.4) is 0 Å². The molecule has 6 heteroatoms. The Labute approximate surface area is 99.5 Å². The number of benzene rings is 1. The van der Waals surface area contributed by atoms with Crippen LogP contribution >= 0.6 is 0 Å². The molecule has 0 bridgehead atoms. The van der Waals surface area contributed by atoms with Crippen molar-refractivity contribution in [2.45, 2.75) is 6.42 Å². The van der Waals surface area contributed by atoms with Crippen molar-refractivity contribution in [1.82, 2.24) is 10.7 Å². The predicted octanol–water partition coefficient (Wildman–Crippen LogP) is 0.426. The van der Waals surface area contributed by atoms with Crippen molar-refractivity contribution in [2.24, 2.45) is 10.7 Å². The van der Waals surface area contributed by atoms with E-state index in [1.165, 1.54) is 5.01 Å². The van der Waals surface area contributed by atoms with Gasteiger partial charge in [0, 0.05) is 13.1 Å². The number of aliphatic imine (C=N–C) groups is 1. The van der Waals surface area contributed by atoms with Gasteiger partial charge >= 0.3 is 6.03 Å². The molecule has 0 unspecified atom stereocenters. The van der Waals surface area contributed by atoms with Gasteiger partial charge in [-0.15, -0.1) is 0 Å². The van der Waals surface area contributed by atoms with Crippen LogP contribution in [0.2, 0.25) is 0 Å². The summed E-state index contributed by atoms with van der Waals surface area (Å²) in [6, 6.07) is 8.55. The molecule has 4 N–H and O–H groups in total. The number of hydrazine groups is 1. The van der Waals surface area contributed by atoms with E-state index in [1.54, 1.807) is 12.1 Å². The lowest BCUT2D eigenvalue weighted by molar-refractivity contribution is 0.252. The first-order chi connectivity index (χ1) is 8.27. The van der Waals surface area contributed by atoms with E-state index in [1.807, 2.05) is 18.2 Å². The Morgan fingerprint density at radius 3 is 2.76 bits per heavy atom. The number of nitrogens with zero attached hydrogens (tertiary/aromatic N) is 2. The van der Waals surface area contributed by atoms with Crippen LogP contribution < -0.4 is 21.5 Å². The summed E-state index contributed by atoms with van der Waals surface area (Å²) >= 11 is 0. The maximum atomic E-state index is 11.4. The van der Waals surface area contributed by atoms with E-state index in [4.69, 9.17) is 5.73 Å². The highest BCUT2D eigenvalue weighted by molar-refractivity contribution is 5.95. The number of primary amides is 1. The van der Waals surface area contributed by atoms with Gasteiger partial charge in [-0.05, 0) is 18.6 Å². The number of carbonyl (C=O) groups excluding carboxylic acids is 1. The van der Waals surface area contributed by atoms with Gasteiger partial charge in [-0.2, -0.15) is 0 Å². The fourth-order valence-corrected chi connectivity index (χ4v) is 1.54. The summed E-state index contributed by atoms with van der Waals surface area (Å²) in [5, 5.41) is 4.32. The zero-order chi connectivity index (χ0) is 12.1. The summed E-state index contributed by atoms with van der Waals surface area (Å²) in [5.41, 5.74) is 8.87. The Morgan fingerprint density at radius 2 is 2.18 bits per heavy atom. The van der Waals surface area contributed by atoms with Gasteiger partial charge in [0.25, 0.3) is 0 Å². The van der Waals surface area contributed by atoms with Gasteiger partial charge in [0.1, 0.15) is 0 Å². The Morgan fingerprint density at radius 1 is 1.41 bits per heavy atom. The summed E-state index contributed by atoms with van der Waals surface area (Å²) in [4.78, 5) is 15.6. The third-order valence-corrected chi connectivity index (χ3v) is 2.35. The highest BCUT2D eigenvalue weighted by Crippen LogP contribution is 2.10. The topological polar surface area (TPSA) is 82.8 Å². The van der Waals surface area contributed by atoms with Crippen LogP contribution in [0.15, 0.2) is 35.3 Å². The normalized spacial score (nSPS) is 14.5. The number of anilines is 1. The minimum absolute atomic E-state index is 0.568. The average molecular weight is 233 g/mol. The summed E-state index contributed by atoms with van der Waals surface area (Å²) in [5.74, 6) is 0.568. The van der Waals surface area contributed by atoms with Gasteiger partial charge in [-0.1, -0.05) is 18.2 Å². The van der Waals surface area contributed by atoms with Crippen LogP contribution in [0.4, 0.5) is 10.5 Å². The van der Waals surface area contributed by atoms with Crippen LogP contribution in [0.25, 0.3) is 0 Å². The molecule has 2 amide bonds. The summed E-state index contributed by atoms with van der Waals surface area (Å²) < 4.78 is 0. The molecule has 0 aliphatic carbocycles. The molecule has 0 spiro atoms. The first-order valence-corrected chi connectivity index (χ1v) is 5.47. The lowest BCUT2D eigenvalue weighted by Gasteiger charge is -2.25. The Kier molecular flexibility index (Phi) is 3.44. The molecular formula is C11H15N5O. The molecule has 0 fully saturated rings. The van der Waals surface area contributed by atoms with Gasteiger partial charge in [0.05, 0.1) is 5.69 Å². The van der Waals surface area contributed by atoms with E-state index < -0.39 is 6.03 Å². The van der Waals surface area contributed by atoms with Crippen LogP contribution in [0.5, 0.6) is 0 Å². The smallest absolute Gasteiger partial charge is 0.338 e. The number of hydrogen-bond acceptors (Lipinski definition) is 4. The van der Waals surface area contributed by atoms with Crippen molar-refractivity contribution in [3.05, 3.63) is 30.3 Å². The molecule has 1 aliphatic heterocycles. The summed E-state index contributed by atoms with van der Waals surface area (Å²) in [6.45, 7) is 1.59. The lowest BCUT2D eigenvalue weighted by atomic mass is 10.3. The van der Waals surface area contributed by atoms with Crippen molar-refractivity contribution < 1.29 is 4.79 Å². The van der Waals surface area contributed by atoms with Crippen LogP contribution in [-0.2, 0) is 0 Å². The third-order valence-electron chi connectivity index (χ3n) is 2.35. The summed E-state index contributed by atoms with van der Waals surface area (Å²) in [7, 11) is 0. The maximum Gasteiger partial charge on any atom is 0.338 e. The van der Waals surface area contributed by atoms with Crippen LogP contribution in [0, 0.1) is 0 Å². The number of hydrogen-bond donors (Lipinski definition) is 3. The second-order valence-electron chi connectivity index (χ2n) is 3.63. The third kappa shape index (κ3) is 2.87. The number of guanidine groups is 1. The first kappa shape index (κ1) is 11.3. The van der Waals surface area contributed by atoms with Gasteiger partial charge in [0.2, 0.25) is 5.96 Å². The van der Waals surface area contributed by atoms with E-state index in [9.17, 15) is 4.79 Å². The van der Waals surface area contributed by atoms with Crippen LogP contribution in [-0.4, -0.2) is 25.1 Å². The first-order valence-electron chi connectivity index (χ1n) is 5.47. The van der Waals surface area contributed by atoms with E-state index in [0.29, 0.717) is 11.6 Å². The number of nitrogens with one attached hydrogen (secondary N) is 2. The molecule has 6 nitrogen and oxygen atoms in total. The fraction of sp³-hybridized carbons (Fsp3) is 0.273. The average Bonchev–Trinajstić information content (AvgIpc) is 2.38. The Bertz CT molecular complexity index is 417. The molecule has 2 rings (SSSR count). The number of carbonyl (C=O) groups is 1. The largest absolute Gasteiger partial charge is 0.355 e.